The van der Waals surface area contributed by atoms with E-state index in [4.69, 9.17) is 0 Å². The summed E-state index contributed by atoms with van der Waals surface area (Å²) in [6, 6.07) is 4.20. The lowest BCUT2D eigenvalue weighted by atomic mass is 10.2. The number of hydrogen-bond donors (Lipinski definition) is 1. The summed E-state index contributed by atoms with van der Waals surface area (Å²) < 4.78 is 40.3. The van der Waals surface area contributed by atoms with Gasteiger partial charge in [0.2, 0.25) is 10.0 Å². The normalized spacial score (nSPS) is 12.3. The number of halogens is 1. The van der Waals surface area contributed by atoms with E-state index in [1.54, 1.807) is 6.92 Å². The summed E-state index contributed by atoms with van der Waals surface area (Å²) in [7, 11) is -3.55. The molecule has 0 saturated heterocycles. The Morgan fingerprint density at radius 3 is 2.48 bits per heavy atom. The first-order chi connectivity index (χ1) is 9.82. The maximum Gasteiger partial charge on any atom is 0.243 e. The van der Waals surface area contributed by atoms with Gasteiger partial charge in [-0.05, 0) is 24.6 Å². The van der Waals surface area contributed by atoms with E-state index in [0.717, 1.165) is 6.42 Å². The Kier molecular flexibility index (Phi) is 6.77. The van der Waals surface area contributed by atoms with E-state index in [1.807, 2.05) is 20.8 Å². The molecule has 1 aromatic carbocycles. The minimum Gasteiger partial charge on any atom is -0.310 e. The van der Waals surface area contributed by atoms with Crippen molar-refractivity contribution in [2.45, 2.75) is 51.6 Å². The second kappa shape index (κ2) is 7.87. The molecule has 0 aliphatic heterocycles. The summed E-state index contributed by atoms with van der Waals surface area (Å²) in [4.78, 5) is 0.153. The molecule has 6 heteroatoms. The van der Waals surface area contributed by atoms with Crippen LogP contribution in [0.2, 0.25) is 0 Å². The molecule has 0 aliphatic rings. The molecule has 0 radical (unpaired) electrons. The van der Waals surface area contributed by atoms with Gasteiger partial charge in [-0.3, -0.25) is 0 Å². The van der Waals surface area contributed by atoms with E-state index in [-0.39, 0.29) is 16.8 Å². The fourth-order valence-electron chi connectivity index (χ4n) is 2.01. The largest absolute Gasteiger partial charge is 0.310 e. The van der Waals surface area contributed by atoms with Crippen LogP contribution in [-0.2, 0) is 16.6 Å². The van der Waals surface area contributed by atoms with Crippen molar-refractivity contribution >= 4 is 10.0 Å². The lowest BCUT2D eigenvalue weighted by Crippen LogP contribution is -2.31. The summed E-state index contributed by atoms with van der Waals surface area (Å²) in [5.41, 5.74) is 0.373. The topological polar surface area (TPSA) is 49.4 Å². The van der Waals surface area contributed by atoms with Gasteiger partial charge in [0.25, 0.3) is 0 Å². The quantitative estimate of drug-likeness (QED) is 0.802. The van der Waals surface area contributed by atoms with Gasteiger partial charge in [0.05, 0.1) is 4.90 Å². The van der Waals surface area contributed by atoms with Crippen LogP contribution < -0.4 is 5.32 Å². The van der Waals surface area contributed by atoms with Gasteiger partial charge in [-0.25, -0.2) is 12.8 Å². The lowest BCUT2D eigenvalue weighted by molar-refractivity contribution is 0.427. The standard InChI is InChI=1S/C15H25FN2O2S/c1-5-9-18(6-2)21(19,20)14-7-8-15(16)13(10-14)11-17-12(3)4/h7-8,10,12,17H,5-6,9,11H2,1-4H3. The number of hydrogen-bond acceptors (Lipinski definition) is 3. The summed E-state index contributed by atoms with van der Waals surface area (Å²) >= 11 is 0. The zero-order valence-electron chi connectivity index (χ0n) is 13.2. The SMILES string of the molecule is CCCN(CC)S(=O)(=O)c1ccc(F)c(CNC(C)C)c1. The van der Waals surface area contributed by atoms with Gasteiger partial charge in [0, 0.05) is 31.2 Å². The number of nitrogens with zero attached hydrogens (tertiary/aromatic N) is 1. The number of rotatable bonds is 8. The second-order valence-electron chi connectivity index (χ2n) is 5.29. The Morgan fingerprint density at radius 2 is 1.95 bits per heavy atom. The average molecular weight is 316 g/mol. The van der Waals surface area contributed by atoms with E-state index in [1.165, 1.54) is 22.5 Å². The smallest absolute Gasteiger partial charge is 0.243 e. The molecule has 0 saturated carbocycles. The van der Waals surface area contributed by atoms with E-state index in [2.05, 4.69) is 5.32 Å². The predicted octanol–water partition coefficient (Wildman–Crippen LogP) is 2.74. The average Bonchev–Trinajstić information content (AvgIpc) is 2.43. The summed E-state index contributed by atoms with van der Waals surface area (Å²) in [5, 5.41) is 3.10. The predicted molar refractivity (Wildman–Crippen MR) is 83.1 cm³/mol. The van der Waals surface area contributed by atoms with Crippen molar-refractivity contribution in [3.05, 3.63) is 29.6 Å². The van der Waals surface area contributed by atoms with Crippen LogP contribution in [0, 0.1) is 5.82 Å². The van der Waals surface area contributed by atoms with Crippen LogP contribution in [0.25, 0.3) is 0 Å². The fourth-order valence-corrected chi connectivity index (χ4v) is 3.60. The highest BCUT2D eigenvalue weighted by molar-refractivity contribution is 7.89. The Bertz CT molecular complexity index is 559. The van der Waals surface area contributed by atoms with Crippen molar-refractivity contribution in [1.82, 2.24) is 9.62 Å². The molecule has 1 N–H and O–H groups in total. The molecule has 1 rings (SSSR count). The minimum absolute atomic E-state index is 0.153. The molecule has 4 nitrogen and oxygen atoms in total. The second-order valence-corrected chi connectivity index (χ2v) is 7.22. The molecule has 0 spiro atoms. The molecule has 0 amide bonds. The van der Waals surface area contributed by atoms with Crippen LogP contribution >= 0.6 is 0 Å². The minimum atomic E-state index is -3.55. The van der Waals surface area contributed by atoms with Gasteiger partial charge in [-0.15, -0.1) is 0 Å². The maximum absolute atomic E-state index is 13.8. The summed E-state index contributed by atoms with van der Waals surface area (Å²) in [5.74, 6) is -0.388. The van der Waals surface area contributed by atoms with E-state index in [0.29, 0.717) is 25.2 Å². The maximum atomic E-state index is 13.8. The third-order valence-electron chi connectivity index (χ3n) is 3.18. The first-order valence-electron chi connectivity index (χ1n) is 7.34. The van der Waals surface area contributed by atoms with Crippen LogP contribution in [0.4, 0.5) is 4.39 Å². The molecular formula is C15H25FN2O2S. The number of nitrogens with one attached hydrogen (secondary N) is 1. The molecule has 21 heavy (non-hydrogen) atoms. The van der Waals surface area contributed by atoms with Crippen molar-refractivity contribution in [3.63, 3.8) is 0 Å². The first kappa shape index (κ1) is 18.1. The van der Waals surface area contributed by atoms with Gasteiger partial charge in [-0.1, -0.05) is 27.7 Å². The molecular weight excluding hydrogens is 291 g/mol. The molecule has 0 heterocycles. The van der Waals surface area contributed by atoms with Crippen molar-refractivity contribution in [1.29, 1.82) is 0 Å². The zero-order valence-corrected chi connectivity index (χ0v) is 14.0. The zero-order chi connectivity index (χ0) is 16.0. The Labute approximate surface area is 127 Å². The Hall–Kier alpha value is -0.980. The molecule has 0 unspecified atom stereocenters. The molecule has 0 bridgehead atoms. The molecule has 120 valence electrons. The summed E-state index contributed by atoms with van der Waals surface area (Å²) in [6.45, 7) is 8.84. The molecule has 0 fully saturated rings. The Balaban J connectivity index is 3.10. The van der Waals surface area contributed by atoms with Gasteiger partial charge in [0.1, 0.15) is 5.82 Å². The van der Waals surface area contributed by atoms with Crippen molar-refractivity contribution in [2.24, 2.45) is 0 Å². The van der Waals surface area contributed by atoms with Crippen LogP contribution in [0.3, 0.4) is 0 Å². The van der Waals surface area contributed by atoms with Gasteiger partial charge in [0.15, 0.2) is 0 Å². The van der Waals surface area contributed by atoms with Crippen molar-refractivity contribution in [2.75, 3.05) is 13.1 Å². The van der Waals surface area contributed by atoms with Gasteiger partial charge < -0.3 is 5.32 Å². The number of sulfonamides is 1. The Morgan fingerprint density at radius 1 is 1.29 bits per heavy atom. The molecule has 0 aliphatic carbocycles. The third-order valence-corrected chi connectivity index (χ3v) is 5.15. The van der Waals surface area contributed by atoms with Crippen molar-refractivity contribution in [3.8, 4) is 0 Å². The van der Waals surface area contributed by atoms with Crippen molar-refractivity contribution < 1.29 is 12.8 Å². The summed E-state index contributed by atoms with van der Waals surface area (Å²) in [6.07, 6.45) is 0.746. The van der Waals surface area contributed by atoms with Crippen LogP contribution in [0.5, 0.6) is 0 Å². The lowest BCUT2D eigenvalue weighted by Gasteiger charge is -2.20. The van der Waals surface area contributed by atoms with Crippen LogP contribution in [-0.4, -0.2) is 31.9 Å². The van der Waals surface area contributed by atoms with Crippen LogP contribution in [0.1, 0.15) is 39.7 Å². The third kappa shape index (κ3) is 4.76. The van der Waals surface area contributed by atoms with Gasteiger partial charge in [-0.2, -0.15) is 4.31 Å². The van der Waals surface area contributed by atoms with E-state index < -0.39 is 10.0 Å². The van der Waals surface area contributed by atoms with E-state index in [9.17, 15) is 12.8 Å². The van der Waals surface area contributed by atoms with Gasteiger partial charge >= 0.3 is 0 Å². The highest BCUT2D eigenvalue weighted by Crippen LogP contribution is 2.19. The fraction of sp³-hybridized carbons (Fsp3) is 0.600. The highest BCUT2D eigenvalue weighted by atomic mass is 32.2. The van der Waals surface area contributed by atoms with Crippen LogP contribution in [0.15, 0.2) is 23.1 Å². The highest BCUT2D eigenvalue weighted by Gasteiger charge is 2.23. The molecule has 0 aromatic heterocycles. The molecule has 0 atom stereocenters. The monoisotopic (exact) mass is 316 g/mol. The number of benzene rings is 1. The van der Waals surface area contributed by atoms with E-state index >= 15 is 0 Å². The first-order valence-corrected chi connectivity index (χ1v) is 8.78. The molecule has 1 aromatic rings.